The molecule has 0 N–H and O–H groups in total. The first kappa shape index (κ1) is 13.7. The van der Waals surface area contributed by atoms with Gasteiger partial charge in [-0.05, 0) is 40.7 Å². The average molecular weight is 325 g/mol. The van der Waals surface area contributed by atoms with E-state index in [4.69, 9.17) is 0 Å². The van der Waals surface area contributed by atoms with Crippen molar-refractivity contribution in [3.63, 3.8) is 0 Å². The van der Waals surface area contributed by atoms with Crippen LogP contribution in [0.4, 0.5) is 0 Å². The standard InChI is InChI=1S/C10H11N7S3/c1-2-3-6-18-9-12-13-10(20-9)19-8-5-4-7-11-15-16-17(7)14-8/h4-5H,2-3,6H2,1H3. The molecule has 0 aliphatic rings. The van der Waals surface area contributed by atoms with Crippen molar-refractivity contribution in [2.45, 2.75) is 33.5 Å². The molecular weight excluding hydrogens is 314 g/mol. The number of hydrogen-bond donors (Lipinski definition) is 0. The van der Waals surface area contributed by atoms with E-state index in [1.54, 1.807) is 23.1 Å². The number of thioether (sulfide) groups is 1. The molecule has 3 aromatic heterocycles. The highest BCUT2D eigenvalue weighted by Gasteiger charge is 2.08. The lowest BCUT2D eigenvalue weighted by Gasteiger charge is -1.95. The van der Waals surface area contributed by atoms with Crippen LogP contribution in [-0.2, 0) is 0 Å². The summed E-state index contributed by atoms with van der Waals surface area (Å²) in [5, 5.41) is 24.6. The summed E-state index contributed by atoms with van der Waals surface area (Å²) >= 11 is 4.81. The van der Waals surface area contributed by atoms with E-state index in [0.29, 0.717) is 5.65 Å². The van der Waals surface area contributed by atoms with Gasteiger partial charge in [0.25, 0.3) is 0 Å². The van der Waals surface area contributed by atoms with Crippen molar-refractivity contribution in [3.8, 4) is 0 Å². The highest BCUT2D eigenvalue weighted by molar-refractivity contribution is 8.03. The molecular formula is C10H11N7S3. The third kappa shape index (κ3) is 3.25. The molecule has 3 heterocycles. The molecule has 0 fully saturated rings. The average Bonchev–Trinajstić information content (AvgIpc) is 3.08. The van der Waals surface area contributed by atoms with Gasteiger partial charge in [-0.2, -0.15) is 0 Å². The maximum absolute atomic E-state index is 4.29. The van der Waals surface area contributed by atoms with Gasteiger partial charge in [0.2, 0.25) is 0 Å². The van der Waals surface area contributed by atoms with Crippen LogP contribution in [0.2, 0.25) is 0 Å². The van der Waals surface area contributed by atoms with Crippen LogP contribution in [0.3, 0.4) is 0 Å². The summed E-state index contributed by atoms with van der Waals surface area (Å²) in [5.74, 6) is 1.09. The van der Waals surface area contributed by atoms with E-state index in [1.807, 2.05) is 12.1 Å². The van der Waals surface area contributed by atoms with Crippen molar-refractivity contribution in [2.75, 3.05) is 5.75 Å². The molecule has 0 unspecified atom stereocenters. The van der Waals surface area contributed by atoms with Crippen molar-refractivity contribution in [3.05, 3.63) is 12.1 Å². The van der Waals surface area contributed by atoms with Gasteiger partial charge in [0.15, 0.2) is 14.3 Å². The van der Waals surface area contributed by atoms with Crippen LogP contribution in [0.15, 0.2) is 25.8 Å². The van der Waals surface area contributed by atoms with E-state index in [9.17, 15) is 0 Å². The summed E-state index contributed by atoms with van der Waals surface area (Å²) in [6.45, 7) is 2.18. The van der Waals surface area contributed by atoms with Crippen LogP contribution < -0.4 is 0 Å². The van der Waals surface area contributed by atoms with E-state index >= 15 is 0 Å². The first-order valence-corrected chi connectivity index (χ1v) is 8.66. The summed E-state index contributed by atoms with van der Waals surface area (Å²) < 4.78 is 3.29. The van der Waals surface area contributed by atoms with E-state index < -0.39 is 0 Å². The Morgan fingerprint density at radius 3 is 3.00 bits per heavy atom. The lowest BCUT2D eigenvalue weighted by Crippen LogP contribution is -1.94. The highest BCUT2D eigenvalue weighted by Crippen LogP contribution is 2.32. The molecule has 0 radical (unpaired) electrons. The second-order valence-electron chi connectivity index (χ2n) is 3.84. The maximum Gasteiger partial charge on any atom is 0.200 e. The topological polar surface area (TPSA) is 81.8 Å². The minimum absolute atomic E-state index is 0.627. The molecule has 0 saturated carbocycles. The number of fused-ring (bicyclic) bond motifs is 1. The SMILES string of the molecule is CCCCSc1nnc(Sc2ccc3nnnn3n2)s1. The molecule has 0 aromatic carbocycles. The lowest BCUT2D eigenvalue weighted by molar-refractivity contribution is 0.702. The molecule has 10 heteroatoms. The third-order valence-corrected chi connectivity index (χ3v) is 5.47. The van der Waals surface area contributed by atoms with Crippen molar-refractivity contribution in [2.24, 2.45) is 0 Å². The van der Waals surface area contributed by atoms with Crippen LogP contribution in [-0.4, -0.2) is 41.2 Å². The molecule has 7 nitrogen and oxygen atoms in total. The summed E-state index contributed by atoms with van der Waals surface area (Å²) in [7, 11) is 0. The van der Waals surface area contributed by atoms with Crippen molar-refractivity contribution >= 4 is 40.5 Å². The molecule has 0 aliphatic heterocycles. The zero-order valence-corrected chi connectivity index (χ0v) is 13.1. The highest BCUT2D eigenvalue weighted by atomic mass is 32.2. The third-order valence-electron chi connectivity index (χ3n) is 2.35. The number of nitrogens with zero attached hydrogens (tertiary/aromatic N) is 7. The van der Waals surface area contributed by atoms with Crippen LogP contribution >= 0.6 is 34.9 Å². The fourth-order valence-corrected chi connectivity index (χ4v) is 4.45. The second-order valence-corrected chi connectivity index (χ2v) is 7.42. The largest absolute Gasteiger partial charge is 0.200 e. The first-order chi connectivity index (χ1) is 9.85. The summed E-state index contributed by atoms with van der Waals surface area (Å²) in [6.07, 6.45) is 2.40. The molecule has 0 amide bonds. The molecule has 3 aromatic rings. The minimum Gasteiger partial charge on any atom is -0.140 e. The lowest BCUT2D eigenvalue weighted by atomic mass is 10.4. The van der Waals surface area contributed by atoms with E-state index in [0.717, 1.165) is 19.5 Å². The van der Waals surface area contributed by atoms with Crippen molar-refractivity contribution in [1.82, 2.24) is 35.5 Å². The molecule has 0 bridgehead atoms. The van der Waals surface area contributed by atoms with Gasteiger partial charge < -0.3 is 0 Å². The Bertz CT molecular complexity index is 695. The van der Waals surface area contributed by atoms with Crippen LogP contribution in [0.5, 0.6) is 0 Å². The van der Waals surface area contributed by atoms with E-state index in [2.05, 4.69) is 37.7 Å². The quantitative estimate of drug-likeness (QED) is 0.505. The fraction of sp³-hybridized carbons (Fsp3) is 0.400. The molecule has 0 aliphatic carbocycles. The smallest absolute Gasteiger partial charge is 0.140 e. The number of aromatic nitrogens is 7. The van der Waals surface area contributed by atoms with Gasteiger partial charge in [-0.15, -0.1) is 25.0 Å². The zero-order valence-electron chi connectivity index (χ0n) is 10.6. The Kier molecular flexibility index (Phi) is 4.43. The summed E-state index contributed by atoms with van der Waals surface area (Å²) in [5.41, 5.74) is 0.627. The minimum atomic E-state index is 0.627. The number of hydrogen-bond acceptors (Lipinski definition) is 9. The number of rotatable bonds is 6. The van der Waals surface area contributed by atoms with Gasteiger partial charge in [0.05, 0.1) is 0 Å². The van der Waals surface area contributed by atoms with Crippen LogP contribution in [0.1, 0.15) is 19.8 Å². The Morgan fingerprint density at radius 2 is 2.10 bits per heavy atom. The molecule has 0 atom stereocenters. The number of unbranched alkanes of at least 4 members (excludes halogenated alkanes) is 1. The summed E-state index contributed by atoms with van der Waals surface area (Å²) in [6, 6.07) is 3.70. The Balaban J connectivity index is 1.67. The molecule has 3 rings (SSSR count). The van der Waals surface area contributed by atoms with Crippen molar-refractivity contribution in [1.29, 1.82) is 0 Å². The normalized spacial score (nSPS) is 11.2. The molecule has 104 valence electrons. The Hall–Kier alpha value is -1.26. The predicted molar refractivity (Wildman–Crippen MR) is 78.2 cm³/mol. The first-order valence-electron chi connectivity index (χ1n) is 6.05. The summed E-state index contributed by atoms with van der Waals surface area (Å²) in [4.78, 5) is 0. The van der Waals surface area contributed by atoms with Crippen molar-refractivity contribution < 1.29 is 0 Å². The van der Waals surface area contributed by atoms with Gasteiger partial charge in [-0.3, -0.25) is 0 Å². The Morgan fingerprint density at radius 1 is 1.20 bits per heavy atom. The molecule has 20 heavy (non-hydrogen) atoms. The van der Waals surface area contributed by atoms with Crippen LogP contribution in [0, 0.1) is 0 Å². The Labute approximate surface area is 127 Å². The van der Waals surface area contributed by atoms with E-state index in [1.165, 1.54) is 29.2 Å². The van der Waals surface area contributed by atoms with Gasteiger partial charge >= 0.3 is 0 Å². The second kappa shape index (κ2) is 6.46. The van der Waals surface area contributed by atoms with Gasteiger partial charge in [-0.25, -0.2) is 0 Å². The monoisotopic (exact) mass is 325 g/mol. The van der Waals surface area contributed by atoms with Crippen LogP contribution in [0.25, 0.3) is 5.65 Å². The maximum atomic E-state index is 4.29. The van der Waals surface area contributed by atoms with Gasteiger partial charge in [-0.1, -0.05) is 36.4 Å². The predicted octanol–water partition coefficient (Wildman–Crippen LogP) is 2.41. The van der Waals surface area contributed by atoms with Gasteiger partial charge in [0.1, 0.15) is 5.03 Å². The molecule has 0 saturated heterocycles. The van der Waals surface area contributed by atoms with Gasteiger partial charge in [0, 0.05) is 5.75 Å². The molecule has 0 spiro atoms. The fourth-order valence-electron chi connectivity index (χ4n) is 1.38. The van der Waals surface area contributed by atoms with E-state index in [-0.39, 0.29) is 0 Å². The zero-order chi connectivity index (χ0) is 13.8. The number of tetrazole rings is 1.